The molecule has 0 aliphatic heterocycles. The normalized spacial score (nSPS) is 16.5. The Morgan fingerprint density at radius 3 is 2.08 bits per heavy atom. The Hall–Kier alpha value is 0.480. The van der Waals surface area contributed by atoms with Crippen LogP contribution in [0.5, 0.6) is 0 Å². The summed E-state index contributed by atoms with van der Waals surface area (Å²) in [6, 6.07) is 0. The molecule has 0 heterocycles. The summed E-state index contributed by atoms with van der Waals surface area (Å²) in [6.07, 6.45) is 5.40. The van der Waals surface area contributed by atoms with Gasteiger partial charge in [0.15, 0.2) is 0 Å². The van der Waals surface area contributed by atoms with E-state index in [2.05, 4.69) is 43.6 Å². The smallest absolute Gasteiger partial charge is 0.0168 e. The number of halogens is 1. The van der Waals surface area contributed by atoms with E-state index in [9.17, 15) is 0 Å². The molecule has 0 rings (SSSR count). The van der Waals surface area contributed by atoms with Gasteiger partial charge in [0.25, 0.3) is 0 Å². The van der Waals surface area contributed by atoms with Gasteiger partial charge in [-0.2, -0.15) is 0 Å². The molecule has 0 N–H and O–H groups in total. The predicted octanol–water partition coefficient (Wildman–Crippen LogP) is 4.62. The molecule has 12 heavy (non-hydrogen) atoms. The van der Waals surface area contributed by atoms with Gasteiger partial charge < -0.3 is 0 Å². The van der Waals surface area contributed by atoms with Crippen LogP contribution < -0.4 is 0 Å². The van der Waals surface area contributed by atoms with Crippen LogP contribution in [-0.4, -0.2) is 4.83 Å². The fourth-order valence-corrected chi connectivity index (χ4v) is 1.70. The molecule has 0 fully saturated rings. The van der Waals surface area contributed by atoms with Crippen LogP contribution in [0.3, 0.4) is 0 Å². The molecule has 0 aromatic heterocycles. The third-order valence-electron chi connectivity index (χ3n) is 2.45. The topological polar surface area (TPSA) is 0 Å². The largest absolute Gasteiger partial charge is 0.0888 e. The van der Waals surface area contributed by atoms with Crippen molar-refractivity contribution in [2.45, 2.75) is 58.2 Å². The van der Waals surface area contributed by atoms with Crippen LogP contribution in [0, 0.1) is 11.8 Å². The Labute approximate surface area is 86.3 Å². The molecule has 0 amide bonds. The standard InChI is InChI=1S/C11H23Br/c1-5-11(12)10(4)8-6-7-9(2)3/h9-11H,5-8H2,1-4H3. The van der Waals surface area contributed by atoms with Crippen molar-refractivity contribution in [3.05, 3.63) is 0 Å². The Kier molecular flexibility index (Phi) is 7.22. The van der Waals surface area contributed by atoms with Gasteiger partial charge >= 0.3 is 0 Å². The number of hydrogen-bond acceptors (Lipinski definition) is 0. The second kappa shape index (κ2) is 6.94. The van der Waals surface area contributed by atoms with Crippen molar-refractivity contribution in [1.82, 2.24) is 0 Å². The van der Waals surface area contributed by atoms with Gasteiger partial charge in [-0.1, -0.05) is 56.5 Å². The van der Waals surface area contributed by atoms with Gasteiger partial charge in [-0.25, -0.2) is 0 Å². The Bertz CT molecular complexity index is 99.2. The van der Waals surface area contributed by atoms with E-state index in [0.717, 1.165) is 16.7 Å². The highest BCUT2D eigenvalue weighted by Crippen LogP contribution is 2.22. The average molecular weight is 235 g/mol. The average Bonchev–Trinajstić information content (AvgIpc) is 2.02. The van der Waals surface area contributed by atoms with Gasteiger partial charge in [-0.15, -0.1) is 0 Å². The number of rotatable bonds is 6. The summed E-state index contributed by atoms with van der Waals surface area (Å²) in [5.41, 5.74) is 0. The summed E-state index contributed by atoms with van der Waals surface area (Å²) < 4.78 is 0. The Morgan fingerprint density at radius 1 is 1.08 bits per heavy atom. The molecule has 1 heteroatoms. The molecule has 0 aromatic rings. The fraction of sp³-hybridized carbons (Fsp3) is 1.00. The van der Waals surface area contributed by atoms with Gasteiger partial charge in [-0.05, 0) is 24.7 Å². The minimum atomic E-state index is 0.727. The summed E-state index contributed by atoms with van der Waals surface area (Å²) in [4.78, 5) is 0.727. The minimum Gasteiger partial charge on any atom is -0.0888 e. The minimum absolute atomic E-state index is 0.727. The van der Waals surface area contributed by atoms with Crippen LogP contribution >= 0.6 is 15.9 Å². The van der Waals surface area contributed by atoms with Gasteiger partial charge in [-0.3, -0.25) is 0 Å². The lowest BCUT2D eigenvalue weighted by Crippen LogP contribution is -2.09. The first-order valence-corrected chi connectivity index (χ1v) is 6.13. The van der Waals surface area contributed by atoms with E-state index < -0.39 is 0 Å². The van der Waals surface area contributed by atoms with Crippen molar-refractivity contribution in [3.63, 3.8) is 0 Å². The quantitative estimate of drug-likeness (QED) is 0.589. The van der Waals surface area contributed by atoms with Gasteiger partial charge in [0.2, 0.25) is 0 Å². The molecule has 0 radical (unpaired) electrons. The van der Waals surface area contributed by atoms with Crippen LogP contribution in [0.25, 0.3) is 0 Å². The summed E-state index contributed by atoms with van der Waals surface area (Å²) >= 11 is 3.71. The molecule has 0 aliphatic rings. The first kappa shape index (κ1) is 12.5. The van der Waals surface area contributed by atoms with Crippen LogP contribution in [0.2, 0.25) is 0 Å². The first-order valence-electron chi connectivity index (χ1n) is 5.22. The zero-order chi connectivity index (χ0) is 9.56. The molecule has 74 valence electrons. The molecule has 0 spiro atoms. The molecule has 2 unspecified atom stereocenters. The van der Waals surface area contributed by atoms with Crippen LogP contribution in [-0.2, 0) is 0 Å². The summed E-state index contributed by atoms with van der Waals surface area (Å²) in [7, 11) is 0. The predicted molar refractivity (Wildman–Crippen MR) is 60.9 cm³/mol. The Morgan fingerprint density at radius 2 is 1.67 bits per heavy atom. The molecule has 0 aromatic carbocycles. The maximum absolute atomic E-state index is 3.71. The maximum atomic E-state index is 3.71. The molecular weight excluding hydrogens is 212 g/mol. The molecule has 0 nitrogen and oxygen atoms in total. The van der Waals surface area contributed by atoms with Crippen molar-refractivity contribution in [1.29, 1.82) is 0 Å². The van der Waals surface area contributed by atoms with Crippen molar-refractivity contribution >= 4 is 15.9 Å². The summed E-state index contributed by atoms with van der Waals surface area (Å²) in [6.45, 7) is 9.20. The van der Waals surface area contributed by atoms with E-state index in [0.29, 0.717) is 0 Å². The molecule has 0 aliphatic carbocycles. The van der Waals surface area contributed by atoms with E-state index in [-0.39, 0.29) is 0 Å². The maximum Gasteiger partial charge on any atom is 0.0168 e. The highest BCUT2D eigenvalue weighted by Gasteiger charge is 2.11. The third kappa shape index (κ3) is 6.05. The van der Waals surface area contributed by atoms with E-state index in [4.69, 9.17) is 0 Å². The van der Waals surface area contributed by atoms with Crippen LogP contribution in [0.15, 0.2) is 0 Å². The molecule has 0 saturated carbocycles. The highest BCUT2D eigenvalue weighted by atomic mass is 79.9. The third-order valence-corrected chi connectivity index (χ3v) is 4.00. The molecule has 2 atom stereocenters. The second-order valence-electron chi connectivity index (χ2n) is 4.23. The molecule has 0 bridgehead atoms. The van der Waals surface area contributed by atoms with E-state index in [1.54, 1.807) is 0 Å². The Balaban J connectivity index is 3.37. The van der Waals surface area contributed by atoms with Gasteiger partial charge in [0.05, 0.1) is 0 Å². The van der Waals surface area contributed by atoms with E-state index >= 15 is 0 Å². The lowest BCUT2D eigenvalue weighted by molar-refractivity contribution is 0.445. The van der Waals surface area contributed by atoms with Crippen LogP contribution in [0.4, 0.5) is 0 Å². The van der Waals surface area contributed by atoms with Crippen molar-refractivity contribution < 1.29 is 0 Å². The fourth-order valence-electron chi connectivity index (χ4n) is 1.43. The number of alkyl halides is 1. The lowest BCUT2D eigenvalue weighted by atomic mass is 9.96. The zero-order valence-corrected chi connectivity index (χ0v) is 10.5. The highest BCUT2D eigenvalue weighted by molar-refractivity contribution is 9.09. The van der Waals surface area contributed by atoms with Crippen molar-refractivity contribution in [2.24, 2.45) is 11.8 Å². The second-order valence-corrected chi connectivity index (χ2v) is 5.40. The van der Waals surface area contributed by atoms with Crippen molar-refractivity contribution in [2.75, 3.05) is 0 Å². The van der Waals surface area contributed by atoms with Crippen LogP contribution in [0.1, 0.15) is 53.4 Å². The molecular formula is C11H23Br. The summed E-state index contributed by atoms with van der Waals surface area (Å²) in [5.74, 6) is 1.71. The first-order chi connectivity index (χ1) is 5.57. The summed E-state index contributed by atoms with van der Waals surface area (Å²) in [5, 5.41) is 0. The lowest BCUT2D eigenvalue weighted by Gasteiger charge is -2.16. The zero-order valence-electron chi connectivity index (χ0n) is 8.94. The van der Waals surface area contributed by atoms with Crippen molar-refractivity contribution in [3.8, 4) is 0 Å². The van der Waals surface area contributed by atoms with Gasteiger partial charge in [0, 0.05) is 4.83 Å². The van der Waals surface area contributed by atoms with E-state index in [1.165, 1.54) is 25.7 Å². The SMILES string of the molecule is CCC(Br)C(C)CCCC(C)C. The van der Waals surface area contributed by atoms with Gasteiger partial charge in [0.1, 0.15) is 0 Å². The van der Waals surface area contributed by atoms with E-state index in [1.807, 2.05) is 0 Å². The molecule has 0 saturated heterocycles. The monoisotopic (exact) mass is 234 g/mol. The number of hydrogen-bond donors (Lipinski definition) is 0.